The molecular formula is C20H22N2O3. The van der Waals surface area contributed by atoms with E-state index in [1.165, 1.54) is 11.1 Å². The molecule has 0 aliphatic carbocycles. The van der Waals surface area contributed by atoms with Gasteiger partial charge in [-0.3, -0.25) is 9.59 Å². The third kappa shape index (κ3) is 4.45. The molecule has 130 valence electrons. The maximum absolute atomic E-state index is 12.3. The van der Waals surface area contributed by atoms with Crippen molar-refractivity contribution in [3.05, 3.63) is 71.3 Å². The number of nitrogens with zero attached hydrogens (tertiary/aromatic N) is 1. The summed E-state index contributed by atoms with van der Waals surface area (Å²) in [6, 6.07) is 17.1. The highest BCUT2D eigenvalue weighted by Crippen LogP contribution is 2.20. The highest BCUT2D eigenvalue weighted by Gasteiger charge is 2.22. The Bertz CT molecular complexity index is 746. The number of nitrogens with one attached hydrogen (secondary N) is 1. The standard InChI is InChI=1S/C20H22N2O3/c1-22(13-18-11-16-9-5-6-10-17(16)14-25-18)19(23)12-21-20(24)15-7-3-2-4-8-15/h2-10,18H,11-14H2,1H3,(H,21,24). The maximum Gasteiger partial charge on any atom is 0.251 e. The lowest BCUT2D eigenvalue weighted by molar-refractivity contribution is -0.131. The van der Waals surface area contributed by atoms with E-state index < -0.39 is 0 Å². The molecular weight excluding hydrogens is 316 g/mol. The van der Waals surface area contributed by atoms with Crippen molar-refractivity contribution < 1.29 is 14.3 Å². The molecule has 1 aliphatic rings. The molecule has 0 bridgehead atoms. The molecule has 25 heavy (non-hydrogen) atoms. The number of carbonyl (C=O) groups is 2. The lowest BCUT2D eigenvalue weighted by Crippen LogP contribution is -2.43. The Morgan fingerprint density at radius 2 is 1.76 bits per heavy atom. The molecule has 1 heterocycles. The summed E-state index contributed by atoms with van der Waals surface area (Å²) in [5, 5.41) is 2.66. The minimum Gasteiger partial charge on any atom is -0.371 e. The van der Waals surface area contributed by atoms with Crippen LogP contribution in [0.1, 0.15) is 21.5 Å². The fourth-order valence-corrected chi connectivity index (χ4v) is 2.92. The zero-order valence-electron chi connectivity index (χ0n) is 14.3. The Kier molecular flexibility index (Phi) is 5.46. The zero-order chi connectivity index (χ0) is 17.6. The first-order valence-electron chi connectivity index (χ1n) is 8.39. The van der Waals surface area contributed by atoms with Crippen LogP contribution in [0.15, 0.2) is 54.6 Å². The van der Waals surface area contributed by atoms with Gasteiger partial charge in [-0.2, -0.15) is 0 Å². The van der Waals surface area contributed by atoms with Crippen molar-refractivity contribution in [1.82, 2.24) is 10.2 Å². The number of hydrogen-bond acceptors (Lipinski definition) is 3. The Morgan fingerprint density at radius 1 is 1.08 bits per heavy atom. The molecule has 0 aromatic heterocycles. The molecule has 5 heteroatoms. The average Bonchev–Trinajstić information content (AvgIpc) is 2.66. The van der Waals surface area contributed by atoms with Crippen LogP contribution in [0.5, 0.6) is 0 Å². The molecule has 1 unspecified atom stereocenters. The second-order valence-electron chi connectivity index (χ2n) is 6.23. The van der Waals surface area contributed by atoms with Crippen LogP contribution in [0, 0.1) is 0 Å². The molecule has 0 fully saturated rings. The summed E-state index contributed by atoms with van der Waals surface area (Å²) in [7, 11) is 1.74. The van der Waals surface area contributed by atoms with Crippen molar-refractivity contribution in [2.24, 2.45) is 0 Å². The molecule has 0 spiro atoms. The van der Waals surface area contributed by atoms with Crippen LogP contribution in [0.3, 0.4) is 0 Å². The smallest absolute Gasteiger partial charge is 0.251 e. The van der Waals surface area contributed by atoms with Crippen LogP contribution >= 0.6 is 0 Å². The van der Waals surface area contributed by atoms with E-state index in [0.29, 0.717) is 18.7 Å². The summed E-state index contributed by atoms with van der Waals surface area (Å²) in [5.74, 6) is -0.378. The molecule has 0 saturated heterocycles. The molecule has 0 saturated carbocycles. The van der Waals surface area contributed by atoms with Crippen molar-refractivity contribution in [1.29, 1.82) is 0 Å². The number of amides is 2. The molecule has 1 atom stereocenters. The predicted octanol–water partition coefficient (Wildman–Crippen LogP) is 2.02. The van der Waals surface area contributed by atoms with Crippen molar-refractivity contribution in [2.45, 2.75) is 19.1 Å². The van der Waals surface area contributed by atoms with Gasteiger partial charge in [0.15, 0.2) is 0 Å². The van der Waals surface area contributed by atoms with Gasteiger partial charge < -0.3 is 15.0 Å². The van der Waals surface area contributed by atoms with Crippen LogP contribution in [-0.4, -0.2) is 43.0 Å². The van der Waals surface area contributed by atoms with E-state index >= 15 is 0 Å². The van der Waals surface area contributed by atoms with Crippen molar-refractivity contribution in [2.75, 3.05) is 20.1 Å². The first-order valence-corrected chi connectivity index (χ1v) is 8.39. The van der Waals surface area contributed by atoms with Crippen LogP contribution in [0.4, 0.5) is 0 Å². The summed E-state index contributed by atoms with van der Waals surface area (Å²) in [4.78, 5) is 25.9. The van der Waals surface area contributed by atoms with Crippen LogP contribution in [-0.2, 0) is 22.6 Å². The van der Waals surface area contributed by atoms with Gasteiger partial charge in [-0.05, 0) is 23.3 Å². The molecule has 1 aliphatic heterocycles. The maximum atomic E-state index is 12.3. The van der Waals surface area contributed by atoms with Crippen molar-refractivity contribution in [3.63, 3.8) is 0 Å². The largest absolute Gasteiger partial charge is 0.371 e. The Labute approximate surface area is 147 Å². The number of fused-ring (bicyclic) bond motifs is 1. The van der Waals surface area contributed by atoms with E-state index in [9.17, 15) is 9.59 Å². The predicted molar refractivity (Wildman–Crippen MR) is 95.1 cm³/mol. The van der Waals surface area contributed by atoms with Crippen molar-refractivity contribution in [3.8, 4) is 0 Å². The third-order valence-electron chi connectivity index (χ3n) is 4.38. The Hall–Kier alpha value is -2.66. The van der Waals surface area contributed by atoms with Gasteiger partial charge in [-0.1, -0.05) is 42.5 Å². The quantitative estimate of drug-likeness (QED) is 0.907. The van der Waals surface area contributed by atoms with Crippen LogP contribution < -0.4 is 5.32 Å². The molecule has 2 aromatic rings. The summed E-state index contributed by atoms with van der Waals surface area (Å²) < 4.78 is 5.84. The normalized spacial score (nSPS) is 16.0. The first-order chi connectivity index (χ1) is 12.1. The van der Waals surface area contributed by atoms with Gasteiger partial charge >= 0.3 is 0 Å². The second-order valence-corrected chi connectivity index (χ2v) is 6.23. The third-order valence-corrected chi connectivity index (χ3v) is 4.38. The number of likely N-dealkylation sites (N-methyl/N-ethyl adjacent to an activating group) is 1. The monoisotopic (exact) mass is 338 g/mol. The lowest BCUT2D eigenvalue weighted by Gasteiger charge is -2.29. The van der Waals surface area contributed by atoms with Crippen molar-refractivity contribution >= 4 is 11.8 Å². The topological polar surface area (TPSA) is 58.6 Å². The summed E-state index contributed by atoms with van der Waals surface area (Å²) in [6.07, 6.45) is 0.776. The molecule has 5 nitrogen and oxygen atoms in total. The number of benzene rings is 2. The van der Waals surface area contributed by atoms with Crippen LogP contribution in [0.25, 0.3) is 0 Å². The molecule has 2 aromatic carbocycles. The molecule has 2 amide bonds. The molecule has 3 rings (SSSR count). The minimum atomic E-state index is -0.245. The van der Waals surface area contributed by atoms with Gasteiger partial charge in [0.1, 0.15) is 0 Å². The van der Waals surface area contributed by atoms with E-state index in [2.05, 4.69) is 17.4 Å². The highest BCUT2D eigenvalue weighted by atomic mass is 16.5. The summed E-state index contributed by atoms with van der Waals surface area (Å²) in [6.45, 7) is 1.07. The molecule has 0 radical (unpaired) electrons. The van der Waals surface area contributed by atoms with E-state index in [1.54, 1.807) is 36.2 Å². The van der Waals surface area contributed by atoms with E-state index in [1.807, 2.05) is 18.2 Å². The minimum absolute atomic E-state index is 0.0197. The van der Waals surface area contributed by atoms with E-state index in [0.717, 1.165) is 6.42 Å². The molecule has 1 N–H and O–H groups in total. The fourth-order valence-electron chi connectivity index (χ4n) is 2.92. The van der Waals surface area contributed by atoms with Gasteiger partial charge in [-0.15, -0.1) is 0 Å². The Balaban J connectivity index is 1.48. The number of rotatable bonds is 5. The fraction of sp³-hybridized carbons (Fsp3) is 0.300. The Morgan fingerprint density at radius 3 is 2.52 bits per heavy atom. The van der Waals surface area contributed by atoms with Gasteiger partial charge in [0.2, 0.25) is 5.91 Å². The first kappa shape index (κ1) is 17.2. The SMILES string of the molecule is CN(CC1Cc2ccccc2CO1)C(=O)CNC(=O)c1ccccc1. The van der Waals surface area contributed by atoms with Gasteiger partial charge in [-0.25, -0.2) is 0 Å². The highest BCUT2D eigenvalue weighted by molar-refractivity contribution is 5.96. The summed E-state index contributed by atoms with van der Waals surface area (Å²) in [5.41, 5.74) is 3.03. The van der Waals surface area contributed by atoms with E-state index in [-0.39, 0.29) is 24.5 Å². The number of hydrogen-bond donors (Lipinski definition) is 1. The van der Waals surface area contributed by atoms with E-state index in [4.69, 9.17) is 4.74 Å². The second kappa shape index (κ2) is 7.94. The summed E-state index contributed by atoms with van der Waals surface area (Å²) >= 11 is 0. The number of ether oxygens (including phenoxy) is 1. The van der Waals surface area contributed by atoms with Gasteiger partial charge in [0, 0.05) is 25.6 Å². The number of carbonyl (C=O) groups excluding carboxylic acids is 2. The van der Waals surface area contributed by atoms with Gasteiger partial charge in [0.05, 0.1) is 19.3 Å². The average molecular weight is 338 g/mol. The van der Waals surface area contributed by atoms with Gasteiger partial charge in [0.25, 0.3) is 5.91 Å². The zero-order valence-corrected chi connectivity index (χ0v) is 14.3. The lowest BCUT2D eigenvalue weighted by atomic mass is 9.99. The van der Waals surface area contributed by atoms with Crippen LogP contribution in [0.2, 0.25) is 0 Å².